The highest BCUT2D eigenvalue weighted by Gasteiger charge is 2.09. The van der Waals surface area contributed by atoms with Gasteiger partial charge in [0.1, 0.15) is 0 Å². The van der Waals surface area contributed by atoms with Crippen molar-refractivity contribution in [3.8, 4) is 0 Å². The van der Waals surface area contributed by atoms with Crippen LogP contribution in [-0.2, 0) is 0 Å². The monoisotopic (exact) mass is 318 g/mol. The minimum atomic E-state index is 0. The molecule has 0 bridgehead atoms. The summed E-state index contributed by atoms with van der Waals surface area (Å²) in [5, 5.41) is 5.36. The highest BCUT2D eigenvalue weighted by Crippen LogP contribution is 2.26. The molecule has 2 aromatic carbocycles. The van der Waals surface area contributed by atoms with E-state index in [1.807, 2.05) is 24.3 Å². The van der Waals surface area contributed by atoms with Crippen molar-refractivity contribution in [3.05, 3.63) is 64.8 Å². The Kier molecular flexibility index (Phi) is 4.71. The maximum atomic E-state index is 6.04. The van der Waals surface area contributed by atoms with Gasteiger partial charge in [-0.05, 0) is 36.8 Å². The summed E-state index contributed by atoms with van der Waals surface area (Å²) < 4.78 is 0. The van der Waals surface area contributed by atoms with E-state index >= 15 is 0 Å². The van der Waals surface area contributed by atoms with Crippen LogP contribution in [-0.4, -0.2) is 0 Å². The molecule has 2 nitrogen and oxygen atoms in total. The van der Waals surface area contributed by atoms with E-state index in [2.05, 4.69) is 48.4 Å². The van der Waals surface area contributed by atoms with Gasteiger partial charge in [0.25, 0.3) is 0 Å². The summed E-state index contributed by atoms with van der Waals surface area (Å²) in [5.41, 5.74) is 5.56. The second kappa shape index (κ2) is 6.33. The lowest BCUT2D eigenvalue weighted by Crippen LogP contribution is -3.00. The van der Waals surface area contributed by atoms with Gasteiger partial charge >= 0.3 is 0 Å². The fourth-order valence-electron chi connectivity index (χ4n) is 2.36. The van der Waals surface area contributed by atoms with Gasteiger partial charge in [-0.2, -0.15) is 0 Å². The van der Waals surface area contributed by atoms with Gasteiger partial charge in [0.15, 0.2) is 5.69 Å². The number of benzene rings is 2. The van der Waals surface area contributed by atoms with Gasteiger partial charge in [0.2, 0.25) is 5.52 Å². The second-order valence-corrected chi connectivity index (χ2v) is 5.49. The van der Waals surface area contributed by atoms with Crippen LogP contribution in [0.4, 0.5) is 11.4 Å². The predicted octanol–water partition coefficient (Wildman–Crippen LogP) is 1.67. The minimum absolute atomic E-state index is 0. The smallest absolute Gasteiger partial charge is 0.213 e. The summed E-state index contributed by atoms with van der Waals surface area (Å²) >= 11 is 6.04. The number of aromatic nitrogens is 1. The molecule has 0 spiro atoms. The van der Waals surface area contributed by atoms with E-state index in [9.17, 15) is 0 Å². The molecule has 1 heterocycles. The SMILES string of the molecule is Cc1ccc2[nH+]c(C)cc(Nc3cccc(Cl)c3)c2c1.[Cl-]. The van der Waals surface area contributed by atoms with Gasteiger partial charge in [-0.15, -0.1) is 0 Å². The van der Waals surface area contributed by atoms with E-state index in [-0.39, 0.29) is 12.4 Å². The van der Waals surface area contributed by atoms with Gasteiger partial charge in [0.05, 0.1) is 11.1 Å². The summed E-state index contributed by atoms with van der Waals surface area (Å²) in [7, 11) is 0. The second-order valence-electron chi connectivity index (χ2n) is 5.05. The maximum Gasteiger partial charge on any atom is 0.213 e. The molecule has 0 aliphatic carbocycles. The third-order valence-corrected chi connectivity index (χ3v) is 3.50. The van der Waals surface area contributed by atoms with Crippen LogP contribution in [0.1, 0.15) is 11.3 Å². The number of halogens is 2. The van der Waals surface area contributed by atoms with Crippen LogP contribution in [0.3, 0.4) is 0 Å². The number of H-pyrrole nitrogens is 1. The molecular formula is C17H16Cl2N2. The van der Waals surface area contributed by atoms with Crippen molar-refractivity contribution < 1.29 is 17.4 Å². The molecule has 4 heteroatoms. The first-order valence-electron chi connectivity index (χ1n) is 6.58. The van der Waals surface area contributed by atoms with Crippen LogP contribution < -0.4 is 22.7 Å². The van der Waals surface area contributed by atoms with Crippen molar-refractivity contribution in [2.75, 3.05) is 5.32 Å². The fraction of sp³-hybridized carbons (Fsp3) is 0.118. The summed E-state index contributed by atoms with van der Waals surface area (Å²) in [5.74, 6) is 0. The molecule has 0 unspecified atom stereocenters. The van der Waals surface area contributed by atoms with Gasteiger partial charge in [-0.3, -0.25) is 0 Å². The summed E-state index contributed by atoms with van der Waals surface area (Å²) in [4.78, 5) is 3.39. The number of pyridine rings is 1. The largest absolute Gasteiger partial charge is 1.00 e. The van der Waals surface area contributed by atoms with Crippen LogP contribution in [0.5, 0.6) is 0 Å². The van der Waals surface area contributed by atoms with Gasteiger partial charge < -0.3 is 17.7 Å². The Labute approximate surface area is 135 Å². The Morgan fingerprint density at radius 1 is 1.00 bits per heavy atom. The topological polar surface area (TPSA) is 26.2 Å². The Morgan fingerprint density at radius 3 is 2.57 bits per heavy atom. The standard InChI is InChI=1S/C17H15ClN2.ClH/c1-11-6-7-16-15(8-11)17(9-12(2)19-16)20-14-5-3-4-13(18)10-14;/h3-10H,1-2H3,(H,19,20);1H. The zero-order valence-electron chi connectivity index (χ0n) is 11.9. The number of hydrogen-bond donors (Lipinski definition) is 1. The highest BCUT2D eigenvalue weighted by molar-refractivity contribution is 6.30. The van der Waals surface area contributed by atoms with Crippen LogP contribution in [0.2, 0.25) is 5.02 Å². The van der Waals surface area contributed by atoms with E-state index in [0.29, 0.717) is 0 Å². The van der Waals surface area contributed by atoms with Gasteiger partial charge in [0, 0.05) is 29.8 Å². The summed E-state index contributed by atoms with van der Waals surface area (Å²) in [6.45, 7) is 4.16. The number of hydrogen-bond acceptors (Lipinski definition) is 1. The minimum Gasteiger partial charge on any atom is -1.00 e. The predicted molar refractivity (Wildman–Crippen MR) is 84.7 cm³/mol. The number of aromatic amines is 1. The average Bonchev–Trinajstić information content (AvgIpc) is 2.39. The van der Waals surface area contributed by atoms with Gasteiger partial charge in [-0.25, -0.2) is 4.98 Å². The molecule has 0 saturated carbocycles. The first kappa shape index (κ1) is 15.6. The first-order chi connectivity index (χ1) is 9.61. The summed E-state index contributed by atoms with van der Waals surface area (Å²) in [6.07, 6.45) is 0. The van der Waals surface area contributed by atoms with Crippen molar-refractivity contribution in [1.82, 2.24) is 0 Å². The van der Waals surface area contributed by atoms with Crippen LogP contribution in [0.15, 0.2) is 48.5 Å². The molecule has 21 heavy (non-hydrogen) atoms. The Balaban J connectivity index is 0.00000161. The van der Waals surface area contributed by atoms with Gasteiger partial charge in [-0.1, -0.05) is 23.7 Å². The quantitative estimate of drug-likeness (QED) is 0.764. The molecule has 2 N–H and O–H groups in total. The van der Waals surface area contributed by atoms with Crippen molar-refractivity contribution in [2.45, 2.75) is 13.8 Å². The fourth-order valence-corrected chi connectivity index (χ4v) is 2.55. The van der Waals surface area contributed by atoms with E-state index in [1.165, 1.54) is 10.9 Å². The number of fused-ring (bicyclic) bond motifs is 1. The molecule has 0 amide bonds. The zero-order valence-corrected chi connectivity index (χ0v) is 13.4. The Bertz CT molecular complexity index is 785. The maximum absolute atomic E-state index is 6.04. The van der Waals surface area contributed by atoms with Crippen molar-refractivity contribution >= 4 is 33.9 Å². The molecule has 3 aromatic rings. The number of rotatable bonds is 2. The molecule has 0 aliphatic rings. The highest BCUT2D eigenvalue weighted by atomic mass is 35.5. The van der Waals surface area contributed by atoms with E-state index in [1.54, 1.807) is 0 Å². The Hall–Kier alpha value is -1.77. The molecule has 1 aromatic heterocycles. The lowest BCUT2D eigenvalue weighted by atomic mass is 10.1. The molecule has 0 atom stereocenters. The summed E-state index contributed by atoms with van der Waals surface area (Å²) in [6, 6.07) is 16.3. The molecule has 3 rings (SSSR count). The van der Waals surface area contributed by atoms with E-state index < -0.39 is 0 Å². The lowest BCUT2D eigenvalue weighted by Gasteiger charge is -2.09. The molecule has 0 aliphatic heterocycles. The molecule has 0 radical (unpaired) electrons. The third-order valence-electron chi connectivity index (χ3n) is 3.26. The average molecular weight is 319 g/mol. The Morgan fingerprint density at radius 2 is 1.81 bits per heavy atom. The number of nitrogens with one attached hydrogen (secondary N) is 2. The molecule has 0 saturated heterocycles. The van der Waals surface area contributed by atoms with E-state index in [0.717, 1.165) is 27.6 Å². The third kappa shape index (κ3) is 3.46. The first-order valence-corrected chi connectivity index (χ1v) is 6.95. The van der Waals surface area contributed by atoms with Crippen LogP contribution in [0, 0.1) is 13.8 Å². The van der Waals surface area contributed by atoms with Crippen molar-refractivity contribution in [3.63, 3.8) is 0 Å². The molecular weight excluding hydrogens is 303 g/mol. The normalized spacial score (nSPS) is 10.2. The van der Waals surface area contributed by atoms with Crippen LogP contribution in [0.25, 0.3) is 10.9 Å². The van der Waals surface area contributed by atoms with Crippen molar-refractivity contribution in [2.24, 2.45) is 0 Å². The van der Waals surface area contributed by atoms with E-state index in [4.69, 9.17) is 11.6 Å². The number of anilines is 2. The molecule has 108 valence electrons. The lowest BCUT2D eigenvalue weighted by molar-refractivity contribution is -0.354. The molecule has 0 fully saturated rings. The number of aryl methyl sites for hydroxylation is 2. The zero-order chi connectivity index (χ0) is 14.1. The van der Waals surface area contributed by atoms with Crippen LogP contribution >= 0.6 is 11.6 Å². The van der Waals surface area contributed by atoms with Crippen molar-refractivity contribution in [1.29, 1.82) is 0 Å².